The second kappa shape index (κ2) is 8.07. The number of nitrogens with one attached hydrogen (secondary N) is 1. The Hall–Kier alpha value is -2.49. The molecular formula is C23H21ClF2N2O4S. The van der Waals surface area contributed by atoms with Crippen molar-refractivity contribution < 1.29 is 26.4 Å². The average molecular weight is 495 g/mol. The molecule has 1 aliphatic heterocycles. The molecule has 1 fully saturated rings. The lowest BCUT2D eigenvalue weighted by Gasteiger charge is -2.27. The van der Waals surface area contributed by atoms with Crippen molar-refractivity contribution >= 4 is 21.6 Å². The van der Waals surface area contributed by atoms with Crippen LogP contribution >= 0.6 is 11.6 Å². The minimum atomic E-state index is -3.40. The van der Waals surface area contributed by atoms with Gasteiger partial charge < -0.3 is 9.15 Å². The molecule has 4 bridgehead atoms. The van der Waals surface area contributed by atoms with Crippen LogP contribution in [0.15, 0.2) is 41.0 Å². The smallest absolute Gasteiger partial charge is 0.208 e. The van der Waals surface area contributed by atoms with E-state index in [0.717, 1.165) is 6.26 Å². The number of ether oxygens (including phenoxy) is 1. The molecule has 0 saturated heterocycles. The maximum atomic E-state index is 15.0. The summed E-state index contributed by atoms with van der Waals surface area (Å²) in [5.74, 6) is -0.867. The molecule has 6 nitrogen and oxygen atoms in total. The van der Waals surface area contributed by atoms with Crippen molar-refractivity contribution in [2.24, 2.45) is 0 Å². The molecule has 2 aromatic carbocycles. The van der Waals surface area contributed by atoms with E-state index in [0.29, 0.717) is 42.8 Å². The Morgan fingerprint density at radius 2 is 2.03 bits per heavy atom. The first-order chi connectivity index (χ1) is 15.6. The SMILES string of the molecule is CS(=O)(=O)N[C@H]1CC[C@@]2(Cc3cc(c(F)cc3Cl)-c3cccc(F)c3OCc3coc2n3)C1. The van der Waals surface area contributed by atoms with Gasteiger partial charge in [0.25, 0.3) is 0 Å². The number of hydrogen-bond acceptors (Lipinski definition) is 5. The molecule has 1 N–H and O–H groups in total. The van der Waals surface area contributed by atoms with Crippen LogP contribution in [0.25, 0.3) is 11.1 Å². The topological polar surface area (TPSA) is 81.4 Å². The van der Waals surface area contributed by atoms with Gasteiger partial charge in [-0.05, 0) is 49.4 Å². The molecule has 10 heteroatoms. The van der Waals surface area contributed by atoms with E-state index in [1.807, 2.05) is 0 Å². The van der Waals surface area contributed by atoms with Gasteiger partial charge in [-0.1, -0.05) is 23.7 Å². The zero-order valence-electron chi connectivity index (χ0n) is 17.7. The first-order valence-corrected chi connectivity index (χ1v) is 12.7. The van der Waals surface area contributed by atoms with Crippen LogP contribution < -0.4 is 9.46 Å². The zero-order chi connectivity index (χ0) is 23.4. The van der Waals surface area contributed by atoms with E-state index < -0.39 is 27.1 Å². The van der Waals surface area contributed by atoms with Crippen molar-refractivity contribution in [2.75, 3.05) is 6.26 Å². The van der Waals surface area contributed by atoms with E-state index in [1.54, 1.807) is 12.1 Å². The summed E-state index contributed by atoms with van der Waals surface area (Å²) in [5, 5.41) is 0.220. The number of hydrogen-bond donors (Lipinski definition) is 1. The molecule has 33 heavy (non-hydrogen) atoms. The van der Waals surface area contributed by atoms with Gasteiger partial charge in [-0.2, -0.15) is 0 Å². The third kappa shape index (κ3) is 4.25. The van der Waals surface area contributed by atoms with Gasteiger partial charge in [0.05, 0.1) is 11.7 Å². The number of rotatable bonds is 2. The Labute approximate surface area is 195 Å². The standard InChI is InChI=1S/C23H21ClF2N2O4S/c1-33(29,30)28-14-5-6-23(10-14)9-13-7-17(20(26)8-18(13)24)16-3-2-4-19(25)21(16)31-11-15-12-32-22(23)27-15/h2-4,7-8,12,14,28H,5-6,9-11H2,1H3/t14-,23+/m0/s1. The molecule has 174 valence electrons. The fourth-order valence-electron chi connectivity index (χ4n) is 4.89. The molecule has 1 aliphatic carbocycles. The Morgan fingerprint density at radius 3 is 2.82 bits per heavy atom. The minimum absolute atomic E-state index is 0.0689. The second-order valence-corrected chi connectivity index (χ2v) is 10.9. The van der Waals surface area contributed by atoms with E-state index in [4.69, 9.17) is 20.8 Å². The summed E-state index contributed by atoms with van der Waals surface area (Å²) < 4.78 is 67.4. The summed E-state index contributed by atoms with van der Waals surface area (Å²) >= 11 is 6.44. The molecule has 2 atom stereocenters. The number of benzene rings is 2. The van der Waals surface area contributed by atoms with Crippen LogP contribution in [0, 0.1) is 11.6 Å². The predicted octanol–water partition coefficient (Wildman–Crippen LogP) is 4.75. The summed E-state index contributed by atoms with van der Waals surface area (Å²) in [6.07, 6.45) is 4.54. The lowest BCUT2D eigenvalue weighted by atomic mass is 9.79. The van der Waals surface area contributed by atoms with E-state index in [2.05, 4.69) is 9.71 Å². The summed E-state index contributed by atoms with van der Waals surface area (Å²) in [5.41, 5.74) is 0.875. The van der Waals surface area contributed by atoms with Crippen LogP contribution in [-0.4, -0.2) is 25.7 Å². The molecule has 5 rings (SSSR count). The normalized spacial score (nSPS) is 22.4. The molecule has 1 aromatic heterocycles. The molecule has 0 amide bonds. The highest BCUT2D eigenvalue weighted by Crippen LogP contribution is 2.46. The van der Waals surface area contributed by atoms with Crippen LogP contribution in [0.2, 0.25) is 5.02 Å². The van der Waals surface area contributed by atoms with Crippen molar-refractivity contribution in [2.45, 2.75) is 43.7 Å². The van der Waals surface area contributed by atoms with Crippen molar-refractivity contribution in [3.8, 4) is 16.9 Å². The molecule has 1 saturated carbocycles. The van der Waals surface area contributed by atoms with Crippen LogP contribution in [0.4, 0.5) is 8.78 Å². The van der Waals surface area contributed by atoms with Gasteiger partial charge >= 0.3 is 0 Å². The third-order valence-electron chi connectivity index (χ3n) is 6.28. The maximum Gasteiger partial charge on any atom is 0.208 e. The highest BCUT2D eigenvalue weighted by atomic mass is 35.5. The van der Waals surface area contributed by atoms with E-state index in [1.165, 1.54) is 24.5 Å². The Kier molecular flexibility index (Phi) is 5.46. The minimum Gasteiger partial charge on any atom is -0.483 e. The highest BCUT2D eigenvalue weighted by molar-refractivity contribution is 7.88. The Morgan fingerprint density at radius 1 is 1.21 bits per heavy atom. The molecule has 2 heterocycles. The fourth-order valence-corrected chi connectivity index (χ4v) is 5.91. The zero-order valence-corrected chi connectivity index (χ0v) is 19.3. The number of fused-ring (bicyclic) bond motifs is 7. The van der Waals surface area contributed by atoms with Gasteiger partial charge in [0.2, 0.25) is 15.9 Å². The monoisotopic (exact) mass is 494 g/mol. The first kappa shape index (κ1) is 22.3. The lowest BCUT2D eigenvalue weighted by molar-refractivity contribution is 0.286. The van der Waals surface area contributed by atoms with E-state index >= 15 is 0 Å². The molecule has 3 aromatic rings. The Bertz CT molecular complexity index is 1340. The number of nitrogens with zero attached hydrogens (tertiary/aromatic N) is 1. The summed E-state index contributed by atoms with van der Waals surface area (Å²) in [6.45, 7) is -0.0689. The summed E-state index contributed by atoms with van der Waals surface area (Å²) in [7, 11) is -3.40. The van der Waals surface area contributed by atoms with Gasteiger partial charge in [0.15, 0.2) is 11.6 Å². The van der Waals surface area contributed by atoms with Crippen molar-refractivity contribution in [1.29, 1.82) is 0 Å². The first-order valence-electron chi connectivity index (χ1n) is 10.5. The number of sulfonamides is 1. The quantitative estimate of drug-likeness (QED) is 0.556. The highest BCUT2D eigenvalue weighted by Gasteiger charge is 2.45. The summed E-state index contributed by atoms with van der Waals surface area (Å²) in [6, 6.07) is 6.84. The predicted molar refractivity (Wildman–Crippen MR) is 119 cm³/mol. The average Bonchev–Trinajstić information content (AvgIpc) is 3.35. The van der Waals surface area contributed by atoms with Gasteiger partial charge in [0, 0.05) is 22.2 Å². The van der Waals surface area contributed by atoms with Crippen LogP contribution in [-0.2, 0) is 28.5 Å². The van der Waals surface area contributed by atoms with Gasteiger partial charge in [-0.25, -0.2) is 26.9 Å². The van der Waals surface area contributed by atoms with Gasteiger partial charge in [-0.15, -0.1) is 0 Å². The van der Waals surface area contributed by atoms with E-state index in [-0.39, 0.29) is 34.5 Å². The summed E-state index contributed by atoms with van der Waals surface area (Å²) in [4.78, 5) is 4.59. The number of aromatic nitrogens is 1. The second-order valence-electron chi connectivity index (χ2n) is 8.76. The molecule has 0 unspecified atom stereocenters. The van der Waals surface area contributed by atoms with Crippen LogP contribution in [0.3, 0.4) is 0 Å². The number of para-hydroxylation sites is 1. The van der Waals surface area contributed by atoms with Crippen molar-refractivity contribution in [3.05, 3.63) is 70.4 Å². The largest absolute Gasteiger partial charge is 0.483 e. The number of halogens is 3. The van der Waals surface area contributed by atoms with Crippen molar-refractivity contribution in [1.82, 2.24) is 9.71 Å². The molecule has 2 aliphatic rings. The van der Waals surface area contributed by atoms with Crippen LogP contribution in [0.1, 0.15) is 36.4 Å². The third-order valence-corrected chi connectivity index (χ3v) is 7.39. The lowest BCUT2D eigenvalue weighted by Crippen LogP contribution is -2.35. The van der Waals surface area contributed by atoms with Crippen LogP contribution in [0.5, 0.6) is 5.75 Å². The molecule has 1 spiro atoms. The maximum absolute atomic E-state index is 15.0. The van der Waals surface area contributed by atoms with Gasteiger partial charge in [-0.3, -0.25) is 0 Å². The molecule has 0 radical (unpaired) electrons. The molecular weight excluding hydrogens is 474 g/mol. The van der Waals surface area contributed by atoms with Crippen molar-refractivity contribution in [3.63, 3.8) is 0 Å². The Balaban J connectivity index is 1.66. The fraction of sp³-hybridized carbons (Fsp3) is 0.348. The van der Waals surface area contributed by atoms with E-state index in [9.17, 15) is 17.2 Å². The number of oxazole rings is 1. The van der Waals surface area contributed by atoms with Gasteiger partial charge in [0.1, 0.15) is 24.4 Å².